The van der Waals surface area contributed by atoms with Gasteiger partial charge in [0.2, 0.25) is 0 Å². The summed E-state index contributed by atoms with van der Waals surface area (Å²) < 4.78 is 12.7. The quantitative estimate of drug-likeness (QED) is 0.602. The Bertz CT molecular complexity index is 1120. The molecular weight excluding hydrogens is 396 g/mol. The van der Waals surface area contributed by atoms with Crippen molar-refractivity contribution in [2.45, 2.75) is 30.5 Å². The molecule has 156 valence electrons. The maximum absolute atomic E-state index is 12.7. The van der Waals surface area contributed by atoms with E-state index in [9.17, 15) is 9.32 Å². The molecule has 3 unspecified atom stereocenters. The van der Waals surface area contributed by atoms with Crippen molar-refractivity contribution in [3.63, 3.8) is 0 Å². The Labute approximate surface area is 178 Å². The first kappa shape index (κ1) is 19.5. The molecule has 0 bridgehead atoms. The summed E-state index contributed by atoms with van der Waals surface area (Å²) in [4.78, 5) is 8.07. The summed E-state index contributed by atoms with van der Waals surface area (Å²) in [5, 5.41) is 18.1. The lowest BCUT2D eigenvalue weighted by Gasteiger charge is -2.25. The van der Waals surface area contributed by atoms with E-state index in [0.29, 0.717) is 25.4 Å². The summed E-state index contributed by atoms with van der Waals surface area (Å²) in [5.41, 5.74) is 4.15. The molecule has 0 spiro atoms. The number of fused-ring (bicyclic) bond motifs is 2. The predicted molar refractivity (Wildman–Crippen MR) is 122 cm³/mol. The van der Waals surface area contributed by atoms with Crippen LogP contribution in [0.2, 0.25) is 0 Å². The molecule has 1 fully saturated rings. The molecule has 1 saturated heterocycles. The lowest BCUT2D eigenvalue weighted by molar-refractivity contribution is 0.185. The number of hydrogen-bond donors (Lipinski definition) is 3. The van der Waals surface area contributed by atoms with Gasteiger partial charge in [0.15, 0.2) is 0 Å². The number of hydrogen-bond acceptors (Lipinski definition) is 6. The van der Waals surface area contributed by atoms with E-state index in [1.165, 1.54) is 5.56 Å². The normalized spacial score (nSPS) is 23.9. The summed E-state index contributed by atoms with van der Waals surface area (Å²) in [5.74, 6) is 1.45. The van der Waals surface area contributed by atoms with Crippen molar-refractivity contribution in [2.24, 2.45) is 0 Å². The fourth-order valence-electron chi connectivity index (χ4n) is 4.26. The van der Waals surface area contributed by atoms with E-state index in [0.717, 1.165) is 39.4 Å². The van der Waals surface area contributed by atoms with Crippen LogP contribution in [-0.4, -0.2) is 51.8 Å². The fourth-order valence-corrected chi connectivity index (χ4v) is 5.52. The highest BCUT2D eigenvalue weighted by Crippen LogP contribution is 2.31. The van der Waals surface area contributed by atoms with Gasteiger partial charge < -0.3 is 20.6 Å². The van der Waals surface area contributed by atoms with Crippen LogP contribution in [-0.2, 0) is 17.3 Å². The maximum atomic E-state index is 12.7. The first-order valence-corrected chi connectivity index (χ1v) is 11.7. The van der Waals surface area contributed by atoms with Crippen LogP contribution in [0.5, 0.6) is 0 Å². The second kappa shape index (κ2) is 7.98. The van der Waals surface area contributed by atoms with Gasteiger partial charge in [0.25, 0.3) is 0 Å². The highest BCUT2D eigenvalue weighted by Gasteiger charge is 2.26. The summed E-state index contributed by atoms with van der Waals surface area (Å²) in [6.45, 7) is 4.76. The fraction of sp³-hybridized carbons (Fsp3) is 0.348. The van der Waals surface area contributed by atoms with E-state index >= 15 is 0 Å². The van der Waals surface area contributed by atoms with E-state index in [2.05, 4.69) is 46.7 Å². The third kappa shape index (κ3) is 3.69. The van der Waals surface area contributed by atoms with Crippen molar-refractivity contribution in [1.29, 1.82) is 0 Å². The SMILES string of the molecule is Cc1ccc2nc(N3CCS(=O)c4ccccc4C3)cc(NC3CNCC3O)c2c1. The molecule has 1 aromatic heterocycles. The number of pyridine rings is 1. The van der Waals surface area contributed by atoms with Gasteiger partial charge in [0.1, 0.15) is 5.82 Å². The van der Waals surface area contributed by atoms with Crippen LogP contribution in [0.3, 0.4) is 0 Å². The zero-order valence-corrected chi connectivity index (χ0v) is 17.8. The van der Waals surface area contributed by atoms with Gasteiger partial charge in [-0.25, -0.2) is 4.98 Å². The highest BCUT2D eigenvalue weighted by atomic mass is 32.2. The van der Waals surface area contributed by atoms with Gasteiger partial charge in [-0.1, -0.05) is 29.8 Å². The molecule has 30 heavy (non-hydrogen) atoms. The Morgan fingerprint density at radius 3 is 2.90 bits per heavy atom. The van der Waals surface area contributed by atoms with Crippen LogP contribution in [0.1, 0.15) is 11.1 Å². The lowest BCUT2D eigenvalue weighted by Crippen LogP contribution is -2.32. The van der Waals surface area contributed by atoms with Crippen molar-refractivity contribution < 1.29 is 9.32 Å². The van der Waals surface area contributed by atoms with Crippen LogP contribution in [0.15, 0.2) is 53.4 Å². The third-order valence-corrected chi connectivity index (χ3v) is 7.37. The summed E-state index contributed by atoms with van der Waals surface area (Å²) in [6, 6.07) is 16.3. The number of aryl methyl sites for hydroxylation is 1. The van der Waals surface area contributed by atoms with Crippen molar-refractivity contribution in [3.05, 3.63) is 59.7 Å². The minimum atomic E-state index is -0.997. The smallest absolute Gasteiger partial charge is 0.131 e. The molecule has 3 heterocycles. The van der Waals surface area contributed by atoms with Gasteiger partial charge in [-0.05, 0) is 30.7 Å². The van der Waals surface area contributed by atoms with Crippen LogP contribution in [0.25, 0.3) is 10.9 Å². The molecule has 2 aliphatic rings. The molecule has 5 rings (SSSR count). The molecule has 0 radical (unpaired) electrons. The molecule has 0 amide bonds. The number of nitrogens with zero attached hydrogens (tertiary/aromatic N) is 2. The number of aliphatic hydroxyl groups excluding tert-OH is 1. The molecule has 3 aromatic rings. The standard InChI is InChI=1S/C23H26N4O2S/c1-15-6-7-18-17(10-15)19(25-20-12-24-13-21(20)28)11-23(26-18)27-8-9-30(29)22-5-3-2-4-16(22)14-27/h2-7,10-11,20-21,24,28H,8-9,12-14H2,1H3,(H,25,26). The zero-order chi connectivity index (χ0) is 20.7. The van der Waals surface area contributed by atoms with Crippen LogP contribution >= 0.6 is 0 Å². The second-order valence-corrected chi connectivity index (χ2v) is 9.64. The summed E-state index contributed by atoms with van der Waals surface area (Å²) in [7, 11) is -0.997. The maximum Gasteiger partial charge on any atom is 0.131 e. The molecular formula is C23H26N4O2S. The summed E-state index contributed by atoms with van der Waals surface area (Å²) >= 11 is 0. The largest absolute Gasteiger partial charge is 0.390 e. The van der Waals surface area contributed by atoms with E-state index in [4.69, 9.17) is 4.98 Å². The van der Waals surface area contributed by atoms with Gasteiger partial charge in [0, 0.05) is 54.0 Å². The van der Waals surface area contributed by atoms with E-state index < -0.39 is 16.9 Å². The van der Waals surface area contributed by atoms with Crippen LogP contribution < -0.4 is 15.5 Å². The average molecular weight is 423 g/mol. The number of benzene rings is 2. The average Bonchev–Trinajstić information content (AvgIpc) is 3.07. The number of nitrogens with one attached hydrogen (secondary N) is 2. The minimum absolute atomic E-state index is 0.0404. The first-order chi connectivity index (χ1) is 14.6. The van der Waals surface area contributed by atoms with Crippen LogP contribution in [0.4, 0.5) is 11.5 Å². The second-order valence-electron chi connectivity index (χ2n) is 8.10. The molecule has 7 heteroatoms. The van der Waals surface area contributed by atoms with E-state index in [-0.39, 0.29) is 6.04 Å². The Morgan fingerprint density at radius 1 is 1.20 bits per heavy atom. The first-order valence-electron chi connectivity index (χ1n) is 10.4. The van der Waals surface area contributed by atoms with Gasteiger partial charge in [0.05, 0.1) is 28.5 Å². The number of β-amino-alcohol motifs (C(OH)–C–C–N with tert-alkyl or cyclic N) is 1. The van der Waals surface area contributed by atoms with E-state index in [1.54, 1.807) is 0 Å². The Balaban J connectivity index is 1.56. The number of aromatic nitrogens is 1. The molecule has 3 atom stereocenters. The van der Waals surface area contributed by atoms with Crippen molar-refractivity contribution in [2.75, 3.05) is 35.6 Å². The Kier molecular flexibility index (Phi) is 5.18. The minimum Gasteiger partial charge on any atom is -0.390 e. The van der Waals surface area contributed by atoms with Crippen LogP contribution in [0, 0.1) is 6.92 Å². The Hall–Kier alpha value is -2.48. The number of aliphatic hydroxyl groups is 1. The topological polar surface area (TPSA) is 77.5 Å². The molecule has 2 aromatic carbocycles. The third-order valence-electron chi connectivity index (χ3n) is 5.92. The van der Waals surface area contributed by atoms with E-state index in [1.807, 2.05) is 24.3 Å². The number of rotatable bonds is 3. The van der Waals surface area contributed by atoms with Gasteiger partial charge in [-0.15, -0.1) is 0 Å². The zero-order valence-electron chi connectivity index (χ0n) is 17.0. The Morgan fingerprint density at radius 2 is 2.07 bits per heavy atom. The van der Waals surface area contributed by atoms with Crippen molar-refractivity contribution in [3.8, 4) is 0 Å². The highest BCUT2D eigenvalue weighted by molar-refractivity contribution is 7.85. The number of anilines is 2. The summed E-state index contributed by atoms with van der Waals surface area (Å²) in [6.07, 6.45) is -0.422. The molecule has 6 nitrogen and oxygen atoms in total. The van der Waals surface area contributed by atoms with Gasteiger partial charge in [-0.2, -0.15) is 0 Å². The van der Waals surface area contributed by atoms with Crippen molar-refractivity contribution >= 4 is 33.2 Å². The van der Waals surface area contributed by atoms with Crippen molar-refractivity contribution in [1.82, 2.24) is 10.3 Å². The predicted octanol–water partition coefficient (Wildman–Crippen LogP) is 2.42. The van der Waals surface area contributed by atoms with Gasteiger partial charge >= 0.3 is 0 Å². The molecule has 0 saturated carbocycles. The van der Waals surface area contributed by atoms with Gasteiger partial charge in [-0.3, -0.25) is 4.21 Å². The molecule has 2 aliphatic heterocycles. The monoisotopic (exact) mass is 422 g/mol. The molecule has 0 aliphatic carbocycles. The molecule has 3 N–H and O–H groups in total. The lowest BCUT2D eigenvalue weighted by atomic mass is 10.1.